The lowest BCUT2D eigenvalue weighted by molar-refractivity contribution is 0.100. The Bertz CT molecular complexity index is 587. The number of nitrogens with zero attached hydrogens (tertiary/aromatic N) is 1. The number of thiazole rings is 1. The van der Waals surface area contributed by atoms with Gasteiger partial charge in [0.2, 0.25) is 5.91 Å². The lowest BCUT2D eigenvalue weighted by Gasteiger charge is -2.07. The summed E-state index contributed by atoms with van der Waals surface area (Å²) in [4.78, 5) is 17.1. The summed E-state index contributed by atoms with van der Waals surface area (Å²) in [5, 5.41) is 0.866. The quantitative estimate of drug-likeness (QED) is 0.920. The molecule has 0 unspecified atom stereocenters. The SMILES string of the molecule is Cc1cccc(C(N)=O)c1-c1ncc(C(C)C)s1. The van der Waals surface area contributed by atoms with E-state index < -0.39 is 5.91 Å². The van der Waals surface area contributed by atoms with Crippen molar-refractivity contribution < 1.29 is 4.79 Å². The highest BCUT2D eigenvalue weighted by molar-refractivity contribution is 7.15. The normalized spacial score (nSPS) is 10.9. The number of aryl methyl sites for hydroxylation is 1. The molecule has 4 heteroatoms. The molecule has 0 fully saturated rings. The minimum atomic E-state index is -0.407. The lowest BCUT2D eigenvalue weighted by Crippen LogP contribution is -2.12. The highest BCUT2D eigenvalue weighted by Gasteiger charge is 2.16. The van der Waals surface area contributed by atoms with E-state index in [4.69, 9.17) is 5.73 Å². The predicted octanol–water partition coefficient (Wildman–Crippen LogP) is 3.34. The molecule has 0 aliphatic heterocycles. The molecule has 2 rings (SSSR count). The summed E-state index contributed by atoms with van der Waals surface area (Å²) in [5.74, 6) is 0.0345. The van der Waals surface area contributed by atoms with Crippen molar-refractivity contribution in [3.8, 4) is 10.6 Å². The summed E-state index contributed by atoms with van der Waals surface area (Å²) in [7, 11) is 0. The molecular formula is C14H16N2OS. The minimum absolute atomic E-state index is 0.407. The van der Waals surface area contributed by atoms with E-state index in [9.17, 15) is 4.79 Å². The van der Waals surface area contributed by atoms with Gasteiger partial charge in [-0.3, -0.25) is 4.79 Å². The van der Waals surface area contributed by atoms with E-state index >= 15 is 0 Å². The molecule has 0 bridgehead atoms. The number of nitrogens with two attached hydrogens (primary N) is 1. The monoisotopic (exact) mass is 260 g/mol. The van der Waals surface area contributed by atoms with Gasteiger partial charge < -0.3 is 5.73 Å². The van der Waals surface area contributed by atoms with Crippen LogP contribution in [-0.2, 0) is 0 Å². The Morgan fingerprint density at radius 3 is 2.67 bits per heavy atom. The van der Waals surface area contributed by atoms with Crippen LogP contribution in [-0.4, -0.2) is 10.9 Å². The van der Waals surface area contributed by atoms with E-state index in [2.05, 4.69) is 18.8 Å². The number of amides is 1. The fraction of sp³-hybridized carbons (Fsp3) is 0.286. The standard InChI is InChI=1S/C14H16N2OS/c1-8(2)11-7-16-14(18-11)12-9(3)5-4-6-10(12)13(15)17/h4-8H,1-3H3,(H2,15,17). The smallest absolute Gasteiger partial charge is 0.249 e. The maximum Gasteiger partial charge on any atom is 0.249 e. The molecule has 0 atom stereocenters. The molecule has 1 aromatic carbocycles. The third-order valence-corrected chi connectivity index (χ3v) is 4.16. The Morgan fingerprint density at radius 1 is 1.39 bits per heavy atom. The maximum absolute atomic E-state index is 11.5. The van der Waals surface area contributed by atoms with Gasteiger partial charge in [0.15, 0.2) is 0 Å². The maximum atomic E-state index is 11.5. The molecule has 1 aromatic heterocycles. The second-order valence-electron chi connectivity index (χ2n) is 4.58. The van der Waals surface area contributed by atoms with Crippen LogP contribution in [0, 0.1) is 6.92 Å². The Labute approximate surface area is 111 Å². The van der Waals surface area contributed by atoms with Gasteiger partial charge in [-0.05, 0) is 24.5 Å². The number of primary amides is 1. The van der Waals surface area contributed by atoms with E-state index in [1.807, 2.05) is 25.3 Å². The topological polar surface area (TPSA) is 56.0 Å². The van der Waals surface area contributed by atoms with Crippen LogP contribution in [0.4, 0.5) is 0 Å². The average Bonchev–Trinajstić information content (AvgIpc) is 2.77. The fourth-order valence-corrected chi connectivity index (χ4v) is 2.87. The van der Waals surface area contributed by atoms with Gasteiger partial charge >= 0.3 is 0 Å². The molecule has 18 heavy (non-hydrogen) atoms. The summed E-state index contributed by atoms with van der Waals surface area (Å²) in [6, 6.07) is 5.56. The number of carbonyl (C=O) groups excluding carboxylic acids is 1. The molecular weight excluding hydrogens is 244 g/mol. The van der Waals surface area contributed by atoms with Gasteiger partial charge in [-0.15, -0.1) is 11.3 Å². The molecule has 94 valence electrons. The summed E-state index contributed by atoms with van der Waals surface area (Å²) < 4.78 is 0. The number of rotatable bonds is 3. The van der Waals surface area contributed by atoms with Crippen LogP contribution in [0.5, 0.6) is 0 Å². The molecule has 1 amide bonds. The van der Waals surface area contributed by atoms with Crippen LogP contribution in [0.25, 0.3) is 10.6 Å². The van der Waals surface area contributed by atoms with Gasteiger partial charge in [-0.25, -0.2) is 4.98 Å². The molecule has 0 spiro atoms. The zero-order chi connectivity index (χ0) is 13.3. The van der Waals surface area contributed by atoms with Gasteiger partial charge in [0, 0.05) is 22.2 Å². The Kier molecular flexibility index (Phi) is 3.48. The minimum Gasteiger partial charge on any atom is -0.366 e. The first kappa shape index (κ1) is 12.8. The van der Waals surface area contributed by atoms with E-state index in [0.717, 1.165) is 16.1 Å². The summed E-state index contributed by atoms with van der Waals surface area (Å²) in [6.45, 7) is 6.23. The predicted molar refractivity (Wildman–Crippen MR) is 74.9 cm³/mol. The van der Waals surface area contributed by atoms with Crippen molar-refractivity contribution in [3.05, 3.63) is 40.4 Å². The molecule has 1 heterocycles. The molecule has 0 saturated heterocycles. The zero-order valence-electron chi connectivity index (χ0n) is 10.7. The molecule has 3 nitrogen and oxygen atoms in total. The van der Waals surface area contributed by atoms with E-state index in [1.165, 1.54) is 4.88 Å². The third kappa shape index (κ3) is 2.29. The Hall–Kier alpha value is -1.68. The van der Waals surface area contributed by atoms with Crippen LogP contribution in [0.2, 0.25) is 0 Å². The summed E-state index contributed by atoms with van der Waals surface area (Å²) in [6.07, 6.45) is 1.88. The van der Waals surface area contributed by atoms with Crippen molar-refractivity contribution in [3.63, 3.8) is 0 Å². The van der Waals surface area contributed by atoms with Crippen molar-refractivity contribution in [2.75, 3.05) is 0 Å². The zero-order valence-corrected chi connectivity index (χ0v) is 11.5. The van der Waals surface area contributed by atoms with Gasteiger partial charge in [-0.1, -0.05) is 26.0 Å². The largest absolute Gasteiger partial charge is 0.366 e. The van der Waals surface area contributed by atoms with Crippen LogP contribution >= 0.6 is 11.3 Å². The highest BCUT2D eigenvalue weighted by atomic mass is 32.1. The van der Waals surface area contributed by atoms with Gasteiger partial charge in [0.05, 0.1) is 0 Å². The summed E-state index contributed by atoms with van der Waals surface area (Å²) in [5.41, 5.74) is 7.85. The number of carbonyl (C=O) groups is 1. The fourth-order valence-electron chi connectivity index (χ4n) is 1.83. The van der Waals surface area contributed by atoms with Crippen molar-refractivity contribution in [1.29, 1.82) is 0 Å². The van der Waals surface area contributed by atoms with Gasteiger partial charge in [0.25, 0.3) is 0 Å². The first-order valence-electron chi connectivity index (χ1n) is 5.86. The van der Waals surface area contributed by atoms with Crippen LogP contribution < -0.4 is 5.73 Å². The molecule has 0 aliphatic carbocycles. The molecule has 0 saturated carbocycles. The lowest BCUT2D eigenvalue weighted by atomic mass is 10.0. The molecule has 2 N–H and O–H groups in total. The second kappa shape index (κ2) is 4.90. The Morgan fingerprint density at radius 2 is 2.11 bits per heavy atom. The van der Waals surface area contributed by atoms with Gasteiger partial charge in [0.1, 0.15) is 5.01 Å². The first-order valence-corrected chi connectivity index (χ1v) is 6.68. The highest BCUT2D eigenvalue weighted by Crippen LogP contribution is 2.33. The van der Waals surface area contributed by atoms with Crippen LogP contribution in [0.15, 0.2) is 24.4 Å². The second-order valence-corrected chi connectivity index (χ2v) is 5.65. The third-order valence-electron chi connectivity index (χ3n) is 2.84. The van der Waals surface area contributed by atoms with Crippen LogP contribution in [0.3, 0.4) is 0 Å². The number of benzene rings is 1. The van der Waals surface area contributed by atoms with Crippen molar-refractivity contribution >= 4 is 17.2 Å². The van der Waals surface area contributed by atoms with E-state index in [-0.39, 0.29) is 0 Å². The number of aromatic nitrogens is 1. The van der Waals surface area contributed by atoms with Crippen molar-refractivity contribution in [1.82, 2.24) is 4.98 Å². The first-order chi connectivity index (χ1) is 8.50. The van der Waals surface area contributed by atoms with E-state index in [1.54, 1.807) is 17.4 Å². The van der Waals surface area contributed by atoms with Gasteiger partial charge in [-0.2, -0.15) is 0 Å². The molecule has 0 aliphatic rings. The van der Waals surface area contributed by atoms with Crippen molar-refractivity contribution in [2.45, 2.75) is 26.7 Å². The number of hydrogen-bond acceptors (Lipinski definition) is 3. The molecule has 2 aromatic rings. The summed E-state index contributed by atoms with van der Waals surface area (Å²) >= 11 is 1.62. The van der Waals surface area contributed by atoms with Crippen molar-refractivity contribution in [2.24, 2.45) is 5.73 Å². The number of hydrogen-bond donors (Lipinski definition) is 1. The van der Waals surface area contributed by atoms with Crippen LogP contribution in [0.1, 0.15) is 40.6 Å². The molecule has 0 radical (unpaired) electrons. The average molecular weight is 260 g/mol. The van der Waals surface area contributed by atoms with E-state index in [0.29, 0.717) is 11.5 Å². The Balaban J connectivity index is 2.58.